The Labute approximate surface area is 204 Å². The molecule has 1 saturated heterocycles. The summed E-state index contributed by atoms with van der Waals surface area (Å²) in [6, 6.07) is 12.8. The van der Waals surface area contributed by atoms with Crippen molar-refractivity contribution >= 4 is 38.4 Å². The summed E-state index contributed by atoms with van der Waals surface area (Å²) in [5, 5.41) is 6.85. The van der Waals surface area contributed by atoms with Crippen LogP contribution in [0.4, 0.5) is 5.69 Å². The van der Waals surface area contributed by atoms with Gasteiger partial charge in [-0.15, -0.1) is 0 Å². The summed E-state index contributed by atoms with van der Waals surface area (Å²) in [5.41, 5.74) is 2.33. The predicted molar refractivity (Wildman–Crippen MR) is 136 cm³/mol. The highest BCUT2D eigenvalue weighted by atomic mass is 32.2. The predicted octanol–water partition coefficient (Wildman–Crippen LogP) is 3.14. The standard InChI is InChI=1S/C24H29N3O5S2/c1-3-31-20-9-8-16(12-21(20)32-4-2)10-11-25-23(28)17-6-5-7-18(13-17)26-24-27-19-14-34(29,30)15-22(19)33-24/h5-9,12-13,19,22H,3-4,10-11,14-15H2,1-2H3,(H,25,28)(H,26,27)/t19-,22+/m1/s1. The van der Waals surface area contributed by atoms with Crippen LogP contribution in [-0.2, 0) is 16.3 Å². The van der Waals surface area contributed by atoms with Crippen molar-refractivity contribution in [3.63, 3.8) is 0 Å². The molecule has 0 bridgehead atoms. The zero-order valence-corrected chi connectivity index (χ0v) is 20.9. The molecule has 1 amide bonds. The van der Waals surface area contributed by atoms with Gasteiger partial charge in [-0.25, -0.2) is 8.42 Å². The lowest BCUT2D eigenvalue weighted by atomic mass is 10.1. The van der Waals surface area contributed by atoms with Gasteiger partial charge in [-0.1, -0.05) is 23.9 Å². The third kappa shape index (κ3) is 6.04. The maximum atomic E-state index is 12.7. The molecule has 0 radical (unpaired) electrons. The summed E-state index contributed by atoms with van der Waals surface area (Å²) < 4.78 is 34.7. The molecule has 2 aliphatic heterocycles. The van der Waals surface area contributed by atoms with Crippen molar-refractivity contribution in [2.75, 3.05) is 36.6 Å². The van der Waals surface area contributed by atoms with E-state index in [0.717, 1.165) is 17.0 Å². The van der Waals surface area contributed by atoms with Crippen LogP contribution in [0.3, 0.4) is 0 Å². The Bertz CT molecular complexity index is 1180. The van der Waals surface area contributed by atoms with E-state index in [1.807, 2.05) is 44.2 Å². The van der Waals surface area contributed by atoms with E-state index in [1.54, 1.807) is 12.1 Å². The maximum absolute atomic E-state index is 12.7. The molecule has 2 aromatic carbocycles. The molecule has 0 unspecified atom stereocenters. The number of thioether (sulfide) groups is 1. The number of anilines is 1. The molecule has 2 heterocycles. The van der Waals surface area contributed by atoms with Crippen molar-refractivity contribution < 1.29 is 22.7 Å². The molecule has 0 aromatic heterocycles. The molecule has 2 N–H and O–H groups in total. The Morgan fingerprint density at radius 1 is 1.09 bits per heavy atom. The van der Waals surface area contributed by atoms with Gasteiger partial charge in [-0.05, 0) is 56.2 Å². The topological polar surface area (TPSA) is 106 Å². The van der Waals surface area contributed by atoms with Gasteiger partial charge in [0.15, 0.2) is 26.5 Å². The van der Waals surface area contributed by atoms with Gasteiger partial charge in [0.05, 0.1) is 30.8 Å². The highest BCUT2D eigenvalue weighted by molar-refractivity contribution is 8.15. The second kappa shape index (κ2) is 10.7. The molecular formula is C24H29N3O5S2. The number of nitrogens with one attached hydrogen (secondary N) is 2. The molecule has 2 aliphatic rings. The van der Waals surface area contributed by atoms with Crippen LogP contribution in [0.2, 0.25) is 0 Å². The number of hydrogen-bond donors (Lipinski definition) is 2. The Hall–Kier alpha value is -2.72. The number of carbonyl (C=O) groups is 1. The average molecular weight is 504 g/mol. The molecule has 182 valence electrons. The first-order valence-electron chi connectivity index (χ1n) is 11.4. The van der Waals surface area contributed by atoms with E-state index < -0.39 is 9.84 Å². The van der Waals surface area contributed by atoms with Gasteiger partial charge < -0.3 is 20.1 Å². The molecule has 2 atom stereocenters. The van der Waals surface area contributed by atoms with Gasteiger partial charge in [-0.3, -0.25) is 9.79 Å². The average Bonchev–Trinajstić information content (AvgIpc) is 3.28. The maximum Gasteiger partial charge on any atom is 0.251 e. The lowest BCUT2D eigenvalue weighted by molar-refractivity contribution is 0.0954. The van der Waals surface area contributed by atoms with E-state index in [-0.39, 0.29) is 28.7 Å². The van der Waals surface area contributed by atoms with Gasteiger partial charge in [0.2, 0.25) is 0 Å². The first-order valence-corrected chi connectivity index (χ1v) is 14.1. The van der Waals surface area contributed by atoms with Crippen LogP contribution in [0, 0.1) is 0 Å². The number of nitrogens with zero attached hydrogens (tertiary/aromatic N) is 1. The fourth-order valence-electron chi connectivity index (χ4n) is 3.95. The van der Waals surface area contributed by atoms with Crippen LogP contribution in [0.1, 0.15) is 29.8 Å². The molecule has 8 nitrogen and oxygen atoms in total. The molecule has 4 rings (SSSR count). The number of amides is 1. The Morgan fingerprint density at radius 3 is 2.65 bits per heavy atom. The van der Waals surface area contributed by atoms with Crippen molar-refractivity contribution in [1.29, 1.82) is 0 Å². The first-order chi connectivity index (χ1) is 16.4. The normalized spacial score (nSPS) is 20.4. The van der Waals surface area contributed by atoms with Crippen LogP contribution >= 0.6 is 11.8 Å². The summed E-state index contributed by atoms with van der Waals surface area (Å²) in [6.07, 6.45) is 0.662. The third-order valence-electron chi connectivity index (χ3n) is 5.50. The van der Waals surface area contributed by atoms with E-state index in [2.05, 4.69) is 15.6 Å². The minimum atomic E-state index is -2.98. The van der Waals surface area contributed by atoms with Gasteiger partial charge in [-0.2, -0.15) is 0 Å². The number of amidine groups is 1. The number of rotatable bonds is 9. The largest absolute Gasteiger partial charge is 0.490 e. The second-order valence-corrected chi connectivity index (χ2v) is 11.5. The molecule has 0 saturated carbocycles. The van der Waals surface area contributed by atoms with E-state index in [4.69, 9.17) is 9.47 Å². The van der Waals surface area contributed by atoms with Crippen molar-refractivity contribution in [3.8, 4) is 11.5 Å². The highest BCUT2D eigenvalue weighted by Crippen LogP contribution is 2.34. The molecule has 0 spiro atoms. The molecule has 0 aliphatic carbocycles. The minimum Gasteiger partial charge on any atom is -0.490 e. The van der Waals surface area contributed by atoms with Crippen LogP contribution < -0.4 is 20.1 Å². The van der Waals surface area contributed by atoms with Crippen molar-refractivity contribution in [1.82, 2.24) is 5.32 Å². The van der Waals surface area contributed by atoms with Gasteiger partial charge in [0.25, 0.3) is 5.91 Å². The zero-order valence-electron chi connectivity index (χ0n) is 19.2. The smallest absolute Gasteiger partial charge is 0.251 e. The van der Waals surface area contributed by atoms with Gasteiger partial charge in [0.1, 0.15) is 0 Å². The number of aliphatic imine (C=N–C) groups is 1. The van der Waals surface area contributed by atoms with E-state index in [0.29, 0.717) is 42.7 Å². The van der Waals surface area contributed by atoms with Crippen molar-refractivity contribution in [2.45, 2.75) is 31.6 Å². The molecule has 2 aromatic rings. The molecule has 10 heteroatoms. The number of ether oxygens (including phenoxy) is 2. The summed E-state index contributed by atoms with van der Waals surface area (Å²) in [4.78, 5) is 17.2. The lowest BCUT2D eigenvalue weighted by Gasteiger charge is -2.13. The summed E-state index contributed by atoms with van der Waals surface area (Å²) in [7, 11) is -2.98. The van der Waals surface area contributed by atoms with Crippen LogP contribution in [0.25, 0.3) is 0 Å². The van der Waals surface area contributed by atoms with E-state index in [1.165, 1.54) is 11.8 Å². The summed E-state index contributed by atoms with van der Waals surface area (Å²) in [5.74, 6) is 1.54. The SMILES string of the molecule is CCOc1ccc(CCNC(=O)c2cccc(NC3=N[C@@H]4CS(=O)(=O)C[C@@H]4S3)c2)cc1OCC. The van der Waals surface area contributed by atoms with Crippen molar-refractivity contribution in [2.24, 2.45) is 4.99 Å². The zero-order chi connectivity index (χ0) is 24.1. The van der Waals surface area contributed by atoms with E-state index >= 15 is 0 Å². The summed E-state index contributed by atoms with van der Waals surface area (Å²) >= 11 is 1.45. The quantitative estimate of drug-likeness (QED) is 0.542. The number of hydrogen-bond acceptors (Lipinski definition) is 8. The van der Waals surface area contributed by atoms with Crippen LogP contribution in [-0.4, -0.2) is 62.0 Å². The van der Waals surface area contributed by atoms with Gasteiger partial charge >= 0.3 is 0 Å². The number of sulfone groups is 1. The van der Waals surface area contributed by atoms with Crippen molar-refractivity contribution in [3.05, 3.63) is 53.6 Å². The lowest BCUT2D eigenvalue weighted by Crippen LogP contribution is -2.25. The van der Waals surface area contributed by atoms with Crippen LogP contribution in [0.15, 0.2) is 47.5 Å². The second-order valence-electron chi connectivity index (χ2n) is 8.09. The van der Waals surface area contributed by atoms with E-state index in [9.17, 15) is 13.2 Å². The monoisotopic (exact) mass is 503 g/mol. The highest BCUT2D eigenvalue weighted by Gasteiger charge is 2.42. The number of carbonyl (C=O) groups excluding carboxylic acids is 1. The Balaban J connectivity index is 1.31. The third-order valence-corrected chi connectivity index (χ3v) is 8.64. The molecular weight excluding hydrogens is 474 g/mol. The van der Waals surface area contributed by atoms with Gasteiger partial charge in [0, 0.05) is 23.0 Å². The molecule has 1 fully saturated rings. The van der Waals surface area contributed by atoms with Crippen LogP contribution in [0.5, 0.6) is 11.5 Å². The Kier molecular flexibility index (Phi) is 7.67. The number of fused-ring (bicyclic) bond motifs is 1. The first kappa shape index (κ1) is 24.4. The Morgan fingerprint density at radius 2 is 1.88 bits per heavy atom. The summed E-state index contributed by atoms with van der Waals surface area (Å²) in [6.45, 7) is 5.46. The fourth-order valence-corrected chi connectivity index (χ4v) is 7.63. The minimum absolute atomic E-state index is 0.0233. The fraction of sp³-hybridized carbons (Fsp3) is 0.417. The molecule has 34 heavy (non-hydrogen) atoms. The number of benzene rings is 2.